The van der Waals surface area contributed by atoms with Crippen molar-refractivity contribution in [2.75, 3.05) is 30.4 Å². The SMILES string of the molecule is CN(CCCc1ccc(C(F)(F)F)cc1)c1nc(Cl)nc(NCCc2ccc(O)cc2)n1. The number of benzene rings is 2. The first kappa shape index (κ1) is 23.6. The number of hydrogen-bond acceptors (Lipinski definition) is 6. The van der Waals surface area contributed by atoms with E-state index in [1.807, 2.05) is 24.1 Å². The van der Waals surface area contributed by atoms with Crippen molar-refractivity contribution in [3.8, 4) is 5.75 Å². The first-order valence-electron chi connectivity index (χ1n) is 10.0. The van der Waals surface area contributed by atoms with Crippen molar-refractivity contribution in [1.82, 2.24) is 15.0 Å². The third-order valence-corrected chi connectivity index (χ3v) is 4.98. The van der Waals surface area contributed by atoms with Gasteiger partial charge < -0.3 is 15.3 Å². The number of hydrogen-bond donors (Lipinski definition) is 2. The van der Waals surface area contributed by atoms with Crippen LogP contribution in [0, 0.1) is 0 Å². The molecule has 1 heterocycles. The predicted molar refractivity (Wildman–Crippen MR) is 118 cm³/mol. The van der Waals surface area contributed by atoms with Crippen molar-refractivity contribution >= 4 is 23.5 Å². The van der Waals surface area contributed by atoms with Gasteiger partial charge in [0.2, 0.25) is 17.2 Å². The second kappa shape index (κ2) is 10.5. The van der Waals surface area contributed by atoms with Gasteiger partial charge in [0.05, 0.1) is 5.56 Å². The van der Waals surface area contributed by atoms with Gasteiger partial charge in [-0.3, -0.25) is 0 Å². The molecule has 0 fully saturated rings. The lowest BCUT2D eigenvalue weighted by atomic mass is 10.1. The number of rotatable bonds is 9. The Bertz CT molecular complexity index is 1010. The fraction of sp³-hybridized carbons (Fsp3) is 0.318. The van der Waals surface area contributed by atoms with Crippen molar-refractivity contribution < 1.29 is 18.3 Å². The van der Waals surface area contributed by atoms with Crippen LogP contribution in [0.5, 0.6) is 5.75 Å². The minimum absolute atomic E-state index is 0.0664. The minimum atomic E-state index is -4.33. The summed E-state index contributed by atoms with van der Waals surface area (Å²) in [6.45, 7) is 1.16. The molecular weight excluding hydrogens is 443 g/mol. The first-order chi connectivity index (χ1) is 15.2. The molecule has 0 amide bonds. The number of halogens is 4. The Kier molecular flexibility index (Phi) is 7.74. The molecule has 3 rings (SSSR count). The van der Waals surface area contributed by atoms with Gasteiger partial charge in [-0.15, -0.1) is 0 Å². The summed E-state index contributed by atoms with van der Waals surface area (Å²) in [4.78, 5) is 14.4. The number of anilines is 2. The van der Waals surface area contributed by atoms with E-state index in [0.717, 1.165) is 23.3 Å². The molecule has 10 heteroatoms. The smallest absolute Gasteiger partial charge is 0.416 e. The third kappa shape index (κ3) is 6.98. The normalized spacial score (nSPS) is 11.4. The number of aryl methyl sites for hydroxylation is 1. The highest BCUT2D eigenvalue weighted by Gasteiger charge is 2.29. The quantitative estimate of drug-likeness (QED) is 0.464. The second-order valence-electron chi connectivity index (χ2n) is 7.29. The van der Waals surface area contributed by atoms with E-state index in [0.29, 0.717) is 44.2 Å². The topological polar surface area (TPSA) is 74.2 Å². The summed E-state index contributed by atoms with van der Waals surface area (Å²) >= 11 is 6.04. The molecule has 0 aliphatic carbocycles. The van der Waals surface area contributed by atoms with Gasteiger partial charge in [-0.25, -0.2) is 0 Å². The molecule has 0 spiro atoms. The van der Waals surface area contributed by atoms with E-state index < -0.39 is 11.7 Å². The maximum atomic E-state index is 12.7. The van der Waals surface area contributed by atoms with E-state index in [4.69, 9.17) is 11.6 Å². The fourth-order valence-electron chi connectivity index (χ4n) is 3.05. The lowest BCUT2D eigenvalue weighted by molar-refractivity contribution is -0.137. The van der Waals surface area contributed by atoms with Crippen molar-refractivity contribution in [2.45, 2.75) is 25.4 Å². The summed E-state index contributed by atoms with van der Waals surface area (Å²) in [5, 5.41) is 12.5. The highest BCUT2D eigenvalue weighted by Crippen LogP contribution is 2.29. The average Bonchev–Trinajstić information content (AvgIpc) is 2.74. The zero-order valence-electron chi connectivity index (χ0n) is 17.4. The Balaban J connectivity index is 1.50. The Morgan fingerprint density at radius 1 is 0.938 bits per heavy atom. The molecule has 1 aromatic heterocycles. The average molecular weight is 466 g/mol. The molecule has 3 aromatic rings. The molecule has 32 heavy (non-hydrogen) atoms. The van der Waals surface area contributed by atoms with Gasteiger partial charge in [0.15, 0.2) is 0 Å². The second-order valence-corrected chi connectivity index (χ2v) is 7.63. The Morgan fingerprint density at radius 3 is 2.22 bits per heavy atom. The van der Waals surface area contributed by atoms with E-state index in [1.165, 1.54) is 12.1 Å². The van der Waals surface area contributed by atoms with Crippen LogP contribution >= 0.6 is 11.6 Å². The first-order valence-corrected chi connectivity index (χ1v) is 10.4. The summed E-state index contributed by atoms with van der Waals surface area (Å²) in [5.41, 5.74) is 1.23. The summed E-state index contributed by atoms with van der Waals surface area (Å²) in [6, 6.07) is 12.1. The monoisotopic (exact) mass is 465 g/mol. The van der Waals surface area contributed by atoms with E-state index in [2.05, 4.69) is 20.3 Å². The Morgan fingerprint density at radius 2 is 1.56 bits per heavy atom. The third-order valence-electron chi connectivity index (χ3n) is 4.81. The van der Waals surface area contributed by atoms with Crippen LogP contribution in [0.15, 0.2) is 48.5 Å². The molecule has 0 radical (unpaired) electrons. The van der Waals surface area contributed by atoms with Crippen molar-refractivity contribution in [3.63, 3.8) is 0 Å². The summed E-state index contributed by atoms with van der Waals surface area (Å²) in [7, 11) is 1.82. The van der Waals surface area contributed by atoms with Crippen molar-refractivity contribution in [2.24, 2.45) is 0 Å². The standard InChI is InChI=1S/C22H23ClF3N5O/c1-31(14-2-3-15-4-8-17(9-5-15)22(24,25)26)21-29-19(23)28-20(30-21)27-13-12-16-6-10-18(32)11-7-16/h4-11,32H,2-3,12-14H2,1H3,(H,27,28,29,30). The molecule has 170 valence electrons. The lowest BCUT2D eigenvalue weighted by Crippen LogP contribution is -2.22. The van der Waals surface area contributed by atoms with Crippen LogP contribution in [-0.2, 0) is 19.0 Å². The molecule has 2 N–H and O–H groups in total. The highest BCUT2D eigenvalue weighted by atomic mass is 35.5. The zero-order valence-corrected chi connectivity index (χ0v) is 18.2. The minimum Gasteiger partial charge on any atom is -0.508 e. The van der Waals surface area contributed by atoms with Crippen LogP contribution in [-0.4, -0.2) is 40.2 Å². The van der Waals surface area contributed by atoms with Gasteiger partial charge in [-0.1, -0.05) is 24.3 Å². The number of nitrogens with one attached hydrogen (secondary N) is 1. The molecule has 0 aliphatic heterocycles. The van der Waals surface area contributed by atoms with E-state index in [1.54, 1.807) is 12.1 Å². The van der Waals surface area contributed by atoms with Crippen molar-refractivity contribution in [1.29, 1.82) is 0 Å². The summed E-state index contributed by atoms with van der Waals surface area (Å²) < 4.78 is 38.0. The molecule has 0 unspecified atom stereocenters. The molecule has 0 bridgehead atoms. The number of alkyl halides is 3. The van der Waals surface area contributed by atoms with Gasteiger partial charge in [-0.2, -0.15) is 28.1 Å². The molecule has 6 nitrogen and oxygen atoms in total. The maximum absolute atomic E-state index is 12.7. The zero-order chi connectivity index (χ0) is 23.1. The number of phenolic OH excluding ortho intramolecular Hbond substituents is 1. The van der Waals surface area contributed by atoms with Gasteiger partial charge in [0, 0.05) is 20.1 Å². The number of aromatic nitrogens is 3. The maximum Gasteiger partial charge on any atom is 0.416 e. The van der Waals surface area contributed by atoms with Crippen LogP contribution in [0.4, 0.5) is 25.1 Å². The van der Waals surface area contributed by atoms with Crippen LogP contribution < -0.4 is 10.2 Å². The van der Waals surface area contributed by atoms with E-state index >= 15 is 0 Å². The Labute approximate surface area is 189 Å². The molecule has 0 aliphatic rings. The van der Waals surface area contributed by atoms with Crippen LogP contribution in [0.25, 0.3) is 0 Å². The molecule has 0 saturated carbocycles. The van der Waals surface area contributed by atoms with Crippen LogP contribution in [0.2, 0.25) is 5.28 Å². The highest BCUT2D eigenvalue weighted by molar-refractivity contribution is 6.28. The number of phenols is 1. The van der Waals surface area contributed by atoms with Crippen molar-refractivity contribution in [3.05, 3.63) is 70.5 Å². The number of nitrogens with zero attached hydrogens (tertiary/aromatic N) is 4. The lowest BCUT2D eigenvalue weighted by Gasteiger charge is -2.18. The fourth-order valence-corrected chi connectivity index (χ4v) is 3.21. The molecular formula is C22H23ClF3N5O. The molecule has 2 aromatic carbocycles. The molecule has 0 atom stereocenters. The van der Waals surface area contributed by atoms with Gasteiger partial charge in [0.1, 0.15) is 5.75 Å². The Hall–Kier alpha value is -3.07. The molecule has 0 saturated heterocycles. The van der Waals surface area contributed by atoms with E-state index in [-0.39, 0.29) is 11.0 Å². The number of aromatic hydroxyl groups is 1. The summed E-state index contributed by atoms with van der Waals surface area (Å²) in [6.07, 6.45) is -2.29. The van der Waals surface area contributed by atoms with Crippen LogP contribution in [0.3, 0.4) is 0 Å². The predicted octanol–water partition coefficient (Wildman–Crippen LogP) is 4.97. The van der Waals surface area contributed by atoms with E-state index in [9.17, 15) is 18.3 Å². The summed E-state index contributed by atoms with van der Waals surface area (Å²) in [5.74, 6) is 0.981. The van der Waals surface area contributed by atoms with Gasteiger partial charge >= 0.3 is 6.18 Å². The van der Waals surface area contributed by atoms with Gasteiger partial charge in [-0.05, 0) is 66.3 Å². The largest absolute Gasteiger partial charge is 0.508 e. The van der Waals surface area contributed by atoms with Crippen LogP contribution in [0.1, 0.15) is 23.1 Å². The van der Waals surface area contributed by atoms with Gasteiger partial charge in [0.25, 0.3) is 0 Å².